The molecule has 0 fully saturated rings. The van der Waals surface area contributed by atoms with E-state index in [2.05, 4.69) is 61.2 Å². The molecular formula is C17H23N3S. The summed E-state index contributed by atoms with van der Waals surface area (Å²) in [5.74, 6) is 0. The number of nitrogens with zero attached hydrogens (tertiary/aromatic N) is 2. The summed E-state index contributed by atoms with van der Waals surface area (Å²) in [6.45, 7) is 11.6. The summed E-state index contributed by atoms with van der Waals surface area (Å²) in [5.41, 5.74) is 3.78. The molecule has 0 spiro atoms. The second-order valence-electron chi connectivity index (χ2n) is 6.35. The van der Waals surface area contributed by atoms with Gasteiger partial charge in [-0.3, -0.25) is 0 Å². The van der Waals surface area contributed by atoms with E-state index >= 15 is 0 Å². The van der Waals surface area contributed by atoms with Crippen LogP contribution in [0.2, 0.25) is 0 Å². The summed E-state index contributed by atoms with van der Waals surface area (Å²) in [4.78, 5) is 9.90. The molecule has 1 aromatic carbocycles. The summed E-state index contributed by atoms with van der Waals surface area (Å²) in [6, 6.07) is 6.56. The highest BCUT2D eigenvalue weighted by atomic mass is 32.2. The Labute approximate surface area is 131 Å². The first-order valence-corrected chi connectivity index (χ1v) is 7.96. The molecule has 0 aliphatic rings. The normalized spacial score (nSPS) is 11.7. The van der Waals surface area contributed by atoms with Crippen LogP contribution in [0.1, 0.15) is 37.5 Å². The molecule has 0 aliphatic carbocycles. The Hall–Kier alpha value is -1.39. The van der Waals surface area contributed by atoms with Crippen LogP contribution in [-0.4, -0.2) is 15.5 Å². The van der Waals surface area contributed by atoms with Crippen LogP contribution >= 0.6 is 11.8 Å². The van der Waals surface area contributed by atoms with Gasteiger partial charge in [-0.05, 0) is 69.1 Å². The molecule has 0 aliphatic heterocycles. The molecule has 21 heavy (non-hydrogen) atoms. The molecule has 1 aromatic heterocycles. The number of aromatic nitrogens is 2. The van der Waals surface area contributed by atoms with Gasteiger partial charge in [-0.25, -0.2) is 9.97 Å². The van der Waals surface area contributed by atoms with Crippen molar-refractivity contribution in [1.82, 2.24) is 15.3 Å². The van der Waals surface area contributed by atoms with Gasteiger partial charge in [0.25, 0.3) is 0 Å². The van der Waals surface area contributed by atoms with Gasteiger partial charge in [0.15, 0.2) is 5.16 Å². The van der Waals surface area contributed by atoms with Crippen molar-refractivity contribution >= 4 is 11.8 Å². The van der Waals surface area contributed by atoms with Gasteiger partial charge >= 0.3 is 0 Å². The molecule has 0 bridgehead atoms. The quantitative estimate of drug-likeness (QED) is 0.862. The van der Waals surface area contributed by atoms with Crippen molar-refractivity contribution in [1.29, 1.82) is 0 Å². The third kappa shape index (κ3) is 5.14. The molecule has 1 N–H and O–H groups in total. The Bertz CT molecular complexity index is 600. The third-order valence-corrected chi connectivity index (χ3v) is 4.09. The van der Waals surface area contributed by atoms with E-state index in [1.807, 2.05) is 19.3 Å². The zero-order valence-electron chi connectivity index (χ0n) is 13.4. The minimum atomic E-state index is 0.136. The van der Waals surface area contributed by atoms with Crippen LogP contribution in [-0.2, 0) is 6.54 Å². The van der Waals surface area contributed by atoms with Gasteiger partial charge in [0.1, 0.15) is 0 Å². The van der Waals surface area contributed by atoms with Crippen molar-refractivity contribution in [2.45, 2.75) is 56.8 Å². The predicted octanol–water partition coefficient (Wildman–Crippen LogP) is 4.13. The summed E-state index contributed by atoms with van der Waals surface area (Å²) in [7, 11) is 0. The highest BCUT2D eigenvalue weighted by Gasteiger charge is 2.09. The second-order valence-corrected chi connectivity index (χ2v) is 7.36. The van der Waals surface area contributed by atoms with Gasteiger partial charge in [0, 0.05) is 29.4 Å². The SMILES string of the molecule is Cc1cnc(Sc2ccc(CNC(C)(C)C)cc2C)nc1. The highest BCUT2D eigenvalue weighted by Crippen LogP contribution is 2.28. The van der Waals surface area contributed by atoms with Crippen LogP contribution in [0.15, 0.2) is 40.6 Å². The number of benzene rings is 1. The molecule has 0 saturated carbocycles. The van der Waals surface area contributed by atoms with E-state index in [-0.39, 0.29) is 5.54 Å². The van der Waals surface area contributed by atoms with E-state index < -0.39 is 0 Å². The summed E-state index contributed by atoms with van der Waals surface area (Å²) in [5, 5.41) is 4.30. The lowest BCUT2D eigenvalue weighted by molar-refractivity contribution is 0.424. The monoisotopic (exact) mass is 301 g/mol. The Balaban J connectivity index is 2.07. The predicted molar refractivity (Wildman–Crippen MR) is 88.7 cm³/mol. The van der Waals surface area contributed by atoms with Crippen LogP contribution < -0.4 is 5.32 Å². The maximum Gasteiger partial charge on any atom is 0.192 e. The van der Waals surface area contributed by atoms with Gasteiger partial charge in [-0.15, -0.1) is 0 Å². The molecule has 0 radical (unpaired) electrons. The van der Waals surface area contributed by atoms with Gasteiger partial charge in [0.05, 0.1) is 0 Å². The van der Waals surface area contributed by atoms with E-state index in [1.165, 1.54) is 16.0 Å². The Morgan fingerprint density at radius 3 is 2.33 bits per heavy atom. The van der Waals surface area contributed by atoms with E-state index in [4.69, 9.17) is 0 Å². The molecule has 0 unspecified atom stereocenters. The zero-order valence-corrected chi connectivity index (χ0v) is 14.2. The van der Waals surface area contributed by atoms with Gasteiger partial charge < -0.3 is 5.32 Å². The maximum absolute atomic E-state index is 4.35. The van der Waals surface area contributed by atoms with Crippen molar-refractivity contribution in [3.63, 3.8) is 0 Å². The van der Waals surface area contributed by atoms with Crippen molar-refractivity contribution in [2.24, 2.45) is 0 Å². The molecule has 112 valence electrons. The fourth-order valence-electron chi connectivity index (χ4n) is 1.83. The first kappa shape index (κ1) is 16.0. The molecule has 0 saturated heterocycles. The van der Waals surface area contributed by atoms with Gasteiger partial charge in [-0.1, -0.05) is 12.1 Å². The van der Waals surface area contributed by atoms with Gasteiger partial charge in [0.2, 0.25) is 0 Å². The van der Waals surface area contributed by atoms with Crippen molar-refractivity contribution in [3.05, 3.63) is 47.3 Å². The van der Waals surface area contributed by atoms with Crippen LogP contribution in [0.5, 0.6) is 0 Å². The van der Waals surface area contributed by atoms with Gasteiger partial charge in [-0.2, -0.15) is 0 Å². The van der Waals surface area contributed by atoms with E-state index in [1.54, 1.807) is 11.8 Å². The largest absolute Gasteiger partial charge is 0.308 e. The molecule has 4 heteroatoms. The fraction of sp³-hybridized carbons (Fsp3) is 0.412. The number of hydrogen-bond acceptors (Lipinski definition) is 4. The molecule has 2 rings (SSSR count). The van der Waals surface area contributed by atoms with Crippen molar-refractivity contribution in [2.75, 3.05) is 0 Å². The Kier molecular flexibility index (Phi) is 5.01. The average molecular weight is 301 g/mol. The molecule has 0 atom stereocenters. The molecule has 3 nitrogen and oxygen atoms in total. The lowest BCUT2D eigenvalue weighted by Gasteiger charge is -2.20. The summed E-state index contributed by atoms with van der Waals surface area (Å²) >= 11 is 1.61. The molecule has 0 amide bonds. The first-order valence-electron chi connectivity index (χ1n) is 7.14. The summed E-state index contributed by atoms with van der Waals surface area (Å²) < 4.78 is 0. The average Bonchev–Trinajstić information content (AvgIpc) is 2.41. The minimum absolute atomic E-state index is 0.136. The maximum atomic E-state index is 4.35. The molecular weight excluding hydrogens is 278 g/mol. The lowest BCUT2D eigenvalue weighted by Crippen LogP contribution is -2.35. The second kappa shape index (κ2) is 6.58. The van der Waals surface area contributed by atoms with E-state index in [0.717, 1.165) is 17.3 Å². The smallest absolute Gasteiger partial charge is 0.192 e. The molecule has 2 aromatic rings. The Morgan fingerprint density at radius 2 is 1.76 bits per heavy atom. The number of aryl methyl sites for hydroxylation is 2. The van der Waals surface area contributed by atoms with E-state index in [0.29, 0.717) is 0 Å². The minimum Gasteiger partial charge on any atom is -0.308 e. The van der Waals surface area contributed by atoms with Crippen LogP contribution in [0.25, 0.3) is 0 Å². The number of rotatable bonds is 4. The standard InChI is InChI=1S/C17H23N3S/c1-12-9-18-16(19-10-12)21-15-7-6-14(8-13(15)2)11-20-17(3,4)5/h6-10,20H,11H2,1-5H3. The van der Waals surface area contributed by atoms with E-state index in [9.17, 15) is 0 Å². The number of hydrogen-bond donors (Lipinski definition) is 1. The summed E-state index contributed by atoms with van der Waals surface area (Å²) in [6.07, 6.45) is 3.71. The van der Waals surface area contributed by atoms with Crippen LogP contribution in [0, 0.1) is 13.8 Å². The topological polar surface area (TPSA) is 37.8 Å². The molecule has 1 heterocycles. The lowest BCUT2D eigenvalue weighted by atomic mass is 10.1. The highest BCUT2D eigenvalue weighted by molar-refractivity contribution is 7.99. The van der Waals surface area contributed by atoms with Crippen LogP contribution in [0.4, 0.5) is 0 Å². The number of nitrogens with one attached hydrogen (secondary N) is 1. The third-order valence-electron chi connectivity index (χ3n) is 3.02. The van der Waals surface area contributed by atoms with Crippen LogP contribution in [0.3, 0.4) is 0 Å². The fourth-order valence-corrected chi connectivity index (χ4v) is 2.60. The first-order chi connectivity index (χ1) is 9.83. The van der Waals surface area contributed by atoms with Crippen molar-refractivity contribution < 1.29 is 0 Å². The van der Waals surface area contributed by atoms with Crippen molar-refractivity contribution in [3.8, 4) is 0 Å². The Morgan fingerprint density at radius 1 is 1.10 bits per heavy atom. The zero-order chi connectivity index (χ0) is 15.5.